The molecule has 0 unspecified atom stereocenters. The lowest BCUT2D eigenvalue weighted by atomic mass is 9.80. The Bertz CT molecular complexity index is 959. The van der Waals surface area contributed by atoms with Crippen molar-refractivity contribution in [1.29, 1.82) is 0 Å². The summed E-state index contributed by atoms with van der Waals surface area (Å²) in [5, 5.41) is 0. The van der Waals surface area contributed by atoms with Crippen molar-refractivity contribution in [2.24, 2.45) is 11.8 Å². The molecule has 1 saturated carbocycles. The summed E-state index contributed by atoms with van der Waals surface area (Å²) in [7, 11) is -8.37. The minimum absolute atomic E-state index is 0.0455. The highest BCUT2D eigenvalue weighted by Gasteiger charge is 2.43. The third-order valence-electron chi connectivity index (χ3n) is 5.34. The maximum absolute atomic E-state index is 13.3. The van der Waals surface area contributed by atoms with Crippen LogP contribution in [0.1, 0.15) is 32.6 Å². The van der Waals surface area contributed by atoms with Gasteiger partial charge in [-0.15, -0.1) is 0 Å². The third-order valence-corrected chi connectivity index (χ3v) is 10.5. The average molecular weight is 421 g/mol. The smallest absolute Gasteiger partial charge is 0.195 e. The van der Waals surface area contributed by atoms with Gasteiger partial charge in [-0.25, -0.2) is 16.8 Å². The number of carbonyl (C=O) groups is 1. The van der Waals surface area contributed by atoms with Crippen LogP contribution in [0.5, 0.6) is 0 Å². The monoisotopic (exact) mass is 420 g/mol. The normalized spacial score (nSPS) is 21.0. The van der Waals surface area contributed by atoms with Crippen LogP contribution in [-0.2, 0) is 24.5 Å². The molecule has 0 amide bonds. The Morgan fingerprint density at radius 3 is 1.79 bits per heavy atom. The number of benzene rings is 2. The van der Waals surface area contributed by atoms with Gasteiger partial charge in [0.2, 0.25) is 0 Å². The molecular formula is C21H24O5S2. The molecule has 1 fully saturated rings. The molecule has 1 aliphatic rings. The van der Waals surface area contributed by atoms with Crippen molar-refractivity contribution >= 4 is 25.5 Å². The van der Waals surface area contributed by atoms with Gasteiger partial charge < -0.3 is 0 Å². The summed E-state index contributed by atoms with van der Waals surface area (Å²) in [5.74, 6) is -0.345. The molecule has 28 heavy (non-hydrogen) atoms. The van der Waals surface area contributed by atoms with Crippen molar-refractivity contribution in [2.75, 3.05) is 0 Å². The van der Waals surface area contributed by atoms with E-state index in [0.717, 1.165) is 6.42 Å². The molecule has 5 nitrogen and oxygen atoms in total. The lowest BCUT2D eigenvalue weighted by molar-refractivity contribution is -0.125. The van der Waals surface area contributed by atoms with E-state index in [-0.39, 0.29) is 27.9 Å². The molecule has 2 atom stereocenters. The predicted molar refractivity (Wildman–Crippen MR) is 107 cm³/mol. The highest BCUT2D eigenvalue weighted by Crippen LogP contribution is 2.35. The summed E-state index contributed by atoms with van der Waals surface area (Å²) >= 11 is 0. The lowest BCUT2D eigenvalue weighted by Crippen LogP contribution is -2.36. The summed E-state index contributed by atoms with van der Waals surface area (Å²) < 4.78 is 51.6. The molecule has 0 aliphatic heterocycles. The zero-order valence-electron chi connectivity index (χ0n) is 15.7. The van der Waals surface area contributed by atoms with Crippen LogP contribution >= 0.6 is 0 Å². The van der Waals surface area contributed by atoms with Gasteiger partial charge in [0.05, 0.1) is 9.79 Å². The van der Waals surface area contributed by atoms with E-state index >= 15 is 0 Å². The molecule has 7 heteroatoms. The van der Waals surface area contributed by atoms with E-state index in [9.17, 15) is 21.6 Å². The number of carbonyl (C=O) groups excluding carboxylic acids is 1. The average Bonchev–Trinajstić information content (AvgIpc) is 2.69. The van der Waals surface area contributed by atoms with E-state index in [0.29, 0.717) is 12.8 Å². The van der Waals surface area contributed by atoms with Crippen LogP contribution < -0.4 is 0 Å². The predicted octanol–water partition coefficient (Wildman–Crippen LogP) is 3.66. The van der Waals surface area contributed by atoms with Crippen LogP contribution in [0.2, 0.25) is 0 Å². The fourth-order valence-electron chi connectivity index (χ4n) is 3.73. The molecule has 3 rings (SSSR count). The number of ketones is 1. The van der Waals surface area contributed by atoms with E-state index in [2.05, 4.69) is 0 Å². The van der Waals surface area contributed by atoms with E-state index in [1.807, 2.05) is 6.92 Å². The zero-order valence-corrected chi connectivity index (χ0v) is 17.3. The summed E-state index contributed by atoms with van der Waals surface area (Å²) in [4.78, 5) is 12.3. The zero-order chi connectivity index (χ0) is 20.4. The van der Waals surface area contributed by atoms with Crippen molar-refractivity contribution < 1.29 is 21.6 Å². The first-order valence-electron chi connectivity index (χ1n) is 9.33. The maximum atomic E-state index is 13.3. The van der Waals surface area contributed by atoms with Gasteiger partial charge in [0.1, 0.15) is 5.78 Å². The van der Waals surface area contributed by atoms with E-state index in [4.69, 9.17) is 0 Å². The van der Waals surface area contributed by atoms with Gasteiger partial charge in [-0.1, -0.05) is 43.3 Å². The molecule has 2 aromatic carbocycles. The second-order valence-electron chi connectivity index (χ2n) is 7.42. The summed E-state index contributed by atoms with van der Waals surface area (Å²) in [6.45, 7) is 2.01. The Morgan fingerprint density at radius 2 is 1.32 bits per heavy atom. The second kappa shape index (κ2) is 8.17. The Kier molecular flexibility index (Phi) is 6.05. The Labute approximate surface area is 166 Å². The van der Waals surface area contributed by atoms with E-state index in [1.54, 1.807) is 36.4 Å². The first kappa shape index (κ1) is 20.7. The minimum Gasteiger partial charge on any atom is -0.299 e. The van der Waals surface area contributed by atoms with Gasteiger partial charge in [0, 0.05) is 12.3 Å². The van der Waals surface area contributed by atoms with Crippen molar-refractivity contribution in [3.8, 4) is 0 Å². The van der Waals surface area contributed by atoms with Crippen LogP contribution in [-0.4, -0.2) is 27.2 Å². The van der Waals surface area contributed by atoms with Crippen LogP contribution in [0.15, 0.2) is 70.5 Å². The lowest BCUT2D eigenvalue weighted by Gasteiger charge is -2.28. The van der Waals surface area contributed by atoms with Crippen molar-refractivity contribution in [1.82, 2.24) is 0 Å². The molecule has 1 aliphatic carbocycles. The first-order valence-corrected chi connectivity index (χ1v) is 12.4. The molecular weight excluding hydrogens is 396 g/mol. The number of sulfone groups is 2. The van der Waals surface area contributed by atoms with Crippen molar-refractivity contribution in [3.63, 3.8) is 0 Å². The van der Waals surface area contributed by atoms with Crippen LogP contribution in [0.4, 0.5) is 0 Å². The van der Waals surface area contributed by atoms with E-state index < -0.39 is 30.2 Å². The fourth-order valence-corrected chi connectivity index (χ4v) is 8.38. The van der Waals surface area contributed by atoms with Gasteiger partial charge in [-0.3, -0.25) is 4.79 Å². The van der Waals surface area contributed by atoms with Crippen LogP contribution in [0, 0.1) is 11.8 Å². The van der Waals surface area contributed by atoms with Gasteiger partial charge in [0.25, 0.3) is 0 Å². The molecule has 0 spiro atoms. The molecule has 0 aromatic heterocycles. The van der Waals surface area contributed by atoms with Crippen molar-refractivity contribution in [2.45, 2.75) is 47.0 Å². The number of Topliss-reactive ketones (excluding diaryl/α,β-unsaturated/α-hetero) is 1. The molecule has 0 N–H and O–H groups in total. The molecule has 0 heterocycles. The topological polar surface area (TPSA) is 85.3 Å². The molecule has 0 bridgehead atoms. The minimum atomic E-state index is -4.19. The highest BCUT2D eigenvalue weighted by atomic mass is 32.3. The fraction of sp³-hybridized carbons (Fsp3) is 0.381. The number of hydrogen-bond donors (Lipinski definition) is 0. The second-order valence-corrected chi connectivity index (χ2v) is 12.0. The number of hydrogen-bond acceptors (Lipinski definition) is 5. The van der Waals surface area contributed by atoms with Crippen molar-refractivity contribution in [3.05, 3.63) is 60.7 Å². The molecule has 0 radical (unpaired) electrons. The molecule has 0 saturated heterocycles. The summed E-state index contributed by atoms with van der Waals surface area (Å²) in [6.07, 6.45) is 1.44. The molecule has 2 aromatic rings. The van der Waals surface area contributed by atoms with Crippen LogP contribution in [0.3, 0.4) is 0 Å². The summed E-state index contributed by atoms with van der Waals surface area (Å²) in [5.41, 5.74) is 0. The maximum Gasteiger partial charge on any atom is 0.195 e. The Morgan fingerprint density at radius 1 is 0.857 bits per heavy atom. The third kappa shape index (κ3) is 4.20. The summed E-state index contributed by atoms with van der Waals surface area (Å²) in [6, 6.07) is 15.2. The van der Waals surface area contributed by atoms with Gasteiger partial charge >= 0.3 is 0 Å². The van der Waals surface area contributed by atoms with E-state index in [1.165, 1.54) is 24.3 Å². The largest absolute Gasteiger partial charge is 0.299 e. The first-order chi connectivity index (χ1) is 13.2. The SMILES string of the molecule is C[C@H]1CCC(=O)[C@H](CC(S(=O)(=O)c2ccccc2)S(=O)(=O)c2ccccc2)C1. The van der Waals surface area contributed by atoms with Gasteiger partial charge in [0.15, 0.2) is 24.3 Å². The Hall–Kier alpha value is -1.99. The number of rotatable bonds is 6. The highest BCUT2D eigenvalue weighted by molar-refractivity contribution is 8.09. The van der Waals surface area contributed by atoms with Crippen LogP contribution in [0.25, 0.3) is 0 Å². The standard InChI is InChI=1S/C21H24O5S2/c1-16-12-13-20(22)17(14-16)15-21(27(23,24)18-8-4-2-5-9-18)28(25,26)19-10-6-3-7-11-19/h2-11,16-17,21H,12-15H2,1H3/t16-,17-/m0/s1. The molecule has 150 valence electrons. The van der Waals surface area contributed by atoms with Gasteiger partial charge in [-0.2, -0.15) is 0 Å². The Balaban J connectivity index is 2.08. The van der Waals surface area contributed by atoms with Gasteiger partial charge in [-0.05, 0) is 49.4 Å². The quantitative estimate of drug-likeness (QED) is 0.712.